The molecular weight excluding hydrogens is 86.1 g/mol. The van der Waals surface area contributed by atoms with Gasteiger partial charge >= 0.3 is 0 Å². The van der Waals surface area contributed by atoms with Crippen LogP contribution in [0.4, 0.5) is 0 Å². The van der Waals surface area contributed by atoms with Crippen molar-refractivity contribution < 1.29 is 4.79 Å². The van der Waals surface area contributed by atoms with Gasteiger partial charge in [-0.2, -0.15) is 12.6 Å². The second-order valence-electron chi connectivity index (χ2n) is 0.563. The van der Waals surface area contributed by atoms with Crippen LogP contribution in [-0.4, -0.2) is 11.7 Å². The van der Waals surface area contributed by atoms with E-state index in [2.05, 4.69) is 12.6 Å². The molecule has 0 spiro atoms. The van der Waals surface area contributed by atoms with Crippen LogP contribution in [0.2, 0.25) is 0 Å². The minimum Gasteiger partial charge on any atom is -0.313 e. The lowest BCUT2D eigenvalue weighted by molar-refractivity contribution is 0.554. The Hall–Kier alpha value is -0.0200. The van der Waals surface area contributed by atoms with Gasteiger partial charge in [0, 0.05) is 0 Å². The molecule has 0 saturated heterocycles. The predicted octanol–water partition coefficient (Wildman–Crippen LogP) is -0.689. The minimum absolute atomic E-state index is 0.727. The number of thiol groups is 1. The molecule has 0 aliphatic heterocycles. The van der Waals surface area contributed by atoms with Gasteiger partial charge in [-0.15, -0.1) is 0 Å². The molecule has 0 saturated carbocycles. The maximum atomic E-state index is 9.18. The highest BCUT2D eigenvalue weighted by Gasteiger charge is 1.83. The quantitative estimate of drug-likeness (QED) is 0.330. The zero-order valence-electron chi connectivity index (χ0n) is 2.51. The van der Waals surface area contributed by atoms with Crippen molar-refractivity contribution in [2.75, 3.05) is 0 Å². The molecule has 2 N–H and O–H groups in total. The highest BCUT2D eigenvalue weighted by molar-refractivity contribution is 7.81. The normalized spacial score (nSPS) is 14.0. The van der Waals surface area contributed by atoms with E-state index in [1.165, 1.54) is 6.29 Å². The first-order valence-electron chi connectivity index (χ1n) is 1.08. The smallest absolute Gasteiger partial charge is 0.227 e. The van der Waals surface area contributed by atoms with Crippen LogP contribution in [0, 0.1) is 0 Å². The van der Waals surface area contributed by atoms with Crippen LogP contribution >= 0.6 is 12.6 Å². The molecule has 0 heterocycles. The van der Waals surface area contributed by atoms with E-state index in [1.807, 2.05) is 0 Å². The molecule has 1 atom stereocenters. The monoisotopic (exact) mass is 90.0 g/mol. The standard InChI is InChI=1S/C2H4NOS/c3-2(5)1-4/h2,5H,3H2. The van der Waals surface area contributed by atoms with Crippen LogP contribution < -0.4 is 5.73 Å². The van der Waals surface area contributed by atoms with Gasteiger partial charge in [0.1, 0.15) is 5.37 Å². The van der Waals surface area contributed by atoms with Crippen molar-refractivity contribution in [1.82, 2.24) is 0 Å². The summed E-state index contributed by atoms with van der Waals surface area (Å²) in [7, 11) is 0. The number of hydrogen-bond donors (Lipinski definition) is 2. The van der Waals surface area contributed by atoms with Gasteiger partial charge in [0.2, 0.25) is 6.29 Å². The molecule has 0 rings (SSSR count). The summed E-state index contributed by atoms with van der Waals surface area (Å²) < 4.78 is 0. The Labute approximate surface area is 35.8 Å². The van der Waals surface area contributed by atoms with Gasteiger partial charge < -0.3 is 5.73 Å². The van der Waals surface area contributed by atoms with Crippen molar-refractivity contribution in [1.29, 1.82) is 0 Å². The first-order valence-corrected chi connectivity index (χ1v) is 1.60. The second kappa shape index (κ2) is 2.23. The summed E-state index contributed by atoms with van der Waals surface area (Å²) in [5, 5.41) is -0.727. The second-order valence-corrected chi connectivity index (χ2v) is 1.12. The molecule has 0 amide bonds. The summed E-state index contributed by atoms with van der Waals surface area (Å²) in [5.41, 5.74) is 4.73. The Balaban J connectivity index is 2.83. The van der Waals surface area contributed by atoms with Crippen molar-refractivity contribution in [3.63, 3.8) is 0 Å². The van der Waals surface area contributed by atoms with Crippen LogP contribution in [0.5, 0.6) is 0 Å². The first-order chi connectivity index (χ1) is 2.27. The Bertz CT molecular complexity index is 36.6. The van der Waals surface area contributed by atoms with Crippen LogP contribution in [-0.2, 0) is 4.79 Å². The van der Waals surface area contributed by atoms with Crippen LogP contribution in [0.1, 0.15) is 0 Å². The Morgan fingerprint density at radius 1 is 2.00 bits per heavy atom. The molecule has 3 heteroatoms. The fraction of sp³-hybridized carbons (Fsp3) is 0.500. The zero-order chi connectivity index (χ0) is 4.28. The van der Waals surface area contributed by atoms with E-state index < -0.39 is 5.37 Å². The third-order valence-corrected chi connectivity index (χ3v) is 0.226. The molecule has 5 heavy (non-hydrogen) atoms. The number of rotatable bonds is 1. The molecule has 0 fully saturated rings. The topological polar surface area (TPSA) is 43.1 Å². The summed E-state index contributed by atoms with van der Waals surface area (Å²) in [6.45, 7) is 0. The van der Waals surface area contributed by atoms with E-state index in [0.29, 0.717) is 0 Å². The first kappa shape index (κ1) is 4.98. The average Bonchev–Trinajstić information content (AvgIpc) is 1.38. The van der Waals surface area contributed by atoms with E-state index in [4.69, 9.17) is 5.73 Å². The lowest BCUT2D eigenvalue weighted by Crippen LogP contribution is -2.11. The average molecular weight is 90.1 g/mol. The third-order valence-electron chi connectivity index (χ3n) is 0.121. The molecule has 2 nitrogen and oxygen atoms in total. The fourth-order valence-electron chi connectivity index (χ4n) is 0. The van der Waals surface area contributed by atoms with E-state index in [1.54, 1.807) is 0 Å². The molecule has 1 radical (unpaired) electrons. The van der Waals surface area contributed by atoms with E-state index in [0.717, 1.165) is 0 Å². The van der Waals surface area contributed by atoms with Gasteiger partial charge in [-0.25, -0.2) is 0 Å². The van der Waals surface area contributed by atoms with Crippen LogP contribution in [0.15, 0.2) is 0 Å². The van der Waals surface area contributed by atoms with Gasteiger partial charge in [0.05, 0.1) is 0 Å². The van der Waals surface area contributed by atoms with Gasteiger partial charge in [0.15, 0.2) is 0 Å². The summed E-state index contributed by atoms with van der Waals surface area (Å²) in [6.07, 6.45) is 1.42. The van der Waals surface area contributed by atoms with Crippen molar-refractivity contribution >= 4 is 18.9 Å². The Morgan fingerprint density at radius 3 is 2.20 bits per heavy atom. The number of carbonyl (C=O) groups excluding carboxylic acids is 1. The van der Waals surface area contributed by atoms with Gasteiger partial charge in [-0.05, 0) is 0 Å². The largest absolute Gasteiger partial charge is 0.313 e. The summed E-state index contributed by atoms with van der Waals surface area (Å²) in [5.74, 6) is 0. The Kier molecular flexibility index (Phi) is 2.22. The minimum atomic E-state index is -0.727. The maximum absolute atomic E-state index is 9.18. The van der Waals surface area contributed by atoms with E-state index in [-0.39, 0.29) is 0 Å². The summed E-state index contributed by atoms with van der Waals surface area (Å²) >= 11 is 3.45. The molecule has 0 aromatic heterocycles. The molecule has 1 unspecified atom stereocenters. The molecule has 0 bridgehead atoms. The Morgan fingerprint density at radius 2 is 2.20 bits per heavy atom. The van der Waals surface area contributed by atoms with Gasteiger partial charge in [0.25, 0.3) is 0 Å². The molecule has 0 aromatic carbocycles. The van der Waals surface area contributed by atoms with E-state index >= 15 is 0 Å². The van der Waals surface area contributed by atoms with Crippen LogP contribution in [0.25, 0.3) is 0 Å². The summed E-state index contributed by atoms with van der Waals surface area (Å²) in [6, 6.07) is 0. The summed E-state index contributed by atoms with van der Waals surface area (Å²) in [4.78, 5) is 9.18. The van der Waals surface area contributed by atoms with Gasteiger partial charge in [-0.1, -0.05) is 0 Å². The van der Waals surface area contributed by atoms with Crippen molar-refractivity contribution in [2.24, 2.45) is 5.73 Å². The van der Waals surface area contributed by atoms with Crippen molar-refractivity contribution in [3.05, 3.63) is 0 Å². The maximum Gasteiger partial charge on any atom is 0.227 e. The fourth-order valence-corrected chi connectivity index (χ4v) is 0. The molecular formula is C2H4NOS. The molecule has 0 aromatic rings. The van der Waals surface area contributed by atoms with Crippen molar-refractivity contribution in [2.45, 2.75) is 5.37 Å². The SMILES string of the molecule is NC(S)[C]=O. The molecule has 0 aliphatic carbocycles. The zero-order valence-corrected chi connectivity index (χ0v) is 3.40. The molecule has 0 aliphatic rings. The number of nitrogens with two attached hydrogens (primary N) is 1. The lowest BCUT2D eigenvalue weighted by Gasteiger charge is -1.78. The lowest BCUT2D eigenvalue weighted by atomic mass is 10.8. The highest BCUT2D eigenvalue weighted by Crippen LogP contribution is 1.70. The third kappa shape index (κ3) is 3.98. The highest BCUT2D eigenvalue weighted by atomic mass is 32.1. The molecule has 29 valence electrons. The van der Waals surface area contributed by atoms with Crippen molar-refractivity contribution in [3.8, 4) is 0 Å². The van der Waals surface area contributed by atoms with E-state index in [9.17, 15) is 4.79 Å². The van der Waals surface area contributed by atoms with Crippen LogP contribution in [0.3, 0.4) is 0 Å². The predicted molar refractivity (Wildman–Crippen MR) is 22.7 cm³/mol. The van der Waals surface area contributed by atoms with Gasteiger partial charge in [-0.3, -0.25) is 4.79 Å². The number of hydrogen-bond acceptors (Lipinski definition) is 3.